The first-order valence-electron chi connectivity index (χ1n) is 6.37. The zero-order valence-electron chi connectivity index (χ0n) is 10.4. The molecule has 0 radical (unpaired) electrons. The number of aryl methyl sites for hydroxylation is 1. The summed E-state index contributed by atoms with van der Waals surface area (Å²) in [7, 11) is 0. The summed E-state index contributed by atoms with van der Waals surface area (Å²) in [6.07, 6.45) is 1.84. The molecule has 1 aromatic rings. The number of benzene rings is 1. The fourth-order valence-electron chi connectivity index (χ4n) is 2.18. The maximum Gasteiger partial charge on any atom is 0.126 e. The maximum absolute atomic E-state index is 13.8. The van der Waals surface area contributed by atoms with E-state index in [1.54, 1.807) is 6.07 Å². The average Bonchev–Trinajstić information content (AvgIpc) is 2.34. The third-order valence-electron chi connectivity index (χ3n) is 3.15. The van der Waals surface area contributed by atoms with E-state index in [0.717, 1.165) is 43.6 Å². The minimum atomic E-state index is -0.0317. The molecule has 0 bridgehead atoms. The van der Waals surface area contributed by atoms with Crippen LogP contribution in [0.15, 0.2) is 18.2 Å². The van der Waals surface area contributed by atoms with Crippen LogP contribution in [0.4, 0.5) is 4.39 Å². The Labute approximate surface area is 107 Å². The largest absolute Gasteiger partial charge is 0.297 e. The van der Waals surface area contributed by atoms with Crippen LogP contribution >= 0.6 is 11.8 Å². The molecule has 0 aliphatic carbocycles. The molecule has 1 aromatic carbocycles. The van der Waals surface area contributed by atoms with Crippen LogP contribution in [0.2, 0.25) is 0 Å². The zero-order chi connectivity index (χ0) is 12.1. The van der Waals surface area contributed by atoms with Gasteiger partial charge in [-0.25, -0.2) is 4.39 Å². The highest BCUT2D eigenvalue weighted by Gasteiger charge is 2.11. The van der Waals surface area contributed by atoms with Gasteiger partial charge in [0.2, 0.25) is 0 Å². The van der Waals surface area contributed by atoms with E-state index in [1.165, 1.54) is 11.5 Å². The Morgan fingerprint density at radius 2 is 2.06 bits per heavy atom. The third kappa shape index (κ3) is 3.71. The van der Waals surface area contributed by atoms with Gasteiger partial charge in [-0.3, -0.25) is 4.90 Å². The van der Waals surface area contributed by atoms with Gasteiger partial charge in [-0.15, -0.1) is 0 Å². The van der Waals surface area contributed by atoms with Crippen molar-refractivity contribution in [2.24, 2.45) is 0 Å². The van der Waals surface area contributed by atoms with Crippen molar-refractivity contribution in [1.82, 2.24) is 4.90 Å². The van der Waals surface area contributed by atoms with Crippen molar-refractivity contribution in [2.75, 3.05) is 24.6 Å². The SMILES string of the molecule is CCCc1ccc(CN2CCSCC2)cc1F. The van der Waals surface area contributed by atoms with E-state index in [-0.39, 0.29) is 5.82 Å². The minimum Gasteiger partial charge on any atom is -0.297 e. The highest BCUT2D eigenvalue weighted by Crippen LogP contribution is 2.16. The topological polar surface area (TPSA) is 3.24 Å². The molecule has 17 heavy (non-hydrogen) atoms. The Hall–Kier alpha value is -0.540. The number of halogens is 1. The Bertz CT molecular complexity index is 361. The van der Waals surface area contributed by atoms with Gasteiger partial charge in [0.15, 0.2) is 0 Å². The summed E-state index contributed by atoms with van der Waals surface area (Å²) in [6, 6.07) is 5.75. The first-order chi connectivity index (χ1) is 8.29. The Morgan fingerprint density at radius 3 is 2.71 bits per heavy atom. The van der Waals surface area contributed by atoms with Crippen LogP contribution in [0.1, 0.15) is 24.5 Å². The summed E-state index contributed by atoms with van der Waals surface area (Å²) in [4.78, 5) is 2.41. The number of thioether (sulfide) groups is 1. The fraction of sp³-hybridized carbons (Fsp3) is 0.571. The molecular weight excluding hydrogens is 233 g/mol. The molecule has 1 saturated heterocycles. The van der Waals surface area contributed by atoms with Gasteiger partial charge in [0.05, 0.1) is 0 Å². The minimum absolute atomic E-state index is 0.0317. The normalized spacial score (nSPS) is 17.3. The van der Waals surface area contributed by atoms with Crippen molar-refractivity contribution in [2.45, 2.75) is 26.3 Å². The van der Waals surface area contributed by atoms with E-state index in [1.807, 2.05) is 17.8 Å². The first kappa shape index (κ1) is 12.9. The van der Waals surface area contributed by atoms with Crippen LogP contribution in [-0.4, -0.2) is 29.5 Å². The molecule has 2 rings (SSSR count). The second-order valence-electron chi connectivity index (χ2n) is 4.56. The molecule has 0 saturated carbocycles. The van der Waals surface area contributed by atoms with E-state index < -0.39 is 0 Å². The standard InChI is InChI=1S/C14H20FNS/c1-2-3-13-5-4-12(10-14(13)15)11-16-6-8-17-9-7-16/h4-5,10H,2-3,6-9,11H2,1H3. The number of nitrogens with zero attached hydrogens (tertiary/aromatic N) is 1. The molecule has 0 atom stereocenters. The smallest absolute Gasteiger partial charge is 0.126 e. The van der Waals surface area contributed by atoms with E-state index >= 15 is 0 Å². The predicted molar refractivity (Wildman–Crippen MR) is 73.0 cm³/mol. The number of hydrogen-bond acceptors (Lipinski definition) is 2. The first-order valence-corrected chi connectivity index (χ1v) is 7.52. The Balaban J connectivity index is 1.98. The van der Waals surface area contributed by atoms with Crippen LogP contribution in [0.5, 0.6) is 0 Å². The lowest BCUT2D eigenvalue weighted by molar-refractivity contribution is 0.294. The molecule has 1 aliphatic rings. The summed E-state index contributed by atoms with van der Waals surface area (Å²) in [5, 5.41) is 0. The summed E-state index contributed by atoms with van der Waals surface area (Å²) in [6.45, 7) is 5.23. The van der Waals surface area contributed by atoms with E-state index in [0.29, 0.717) is 0 Å². The predicted octanol–water partition coefficient (Wildman–Crippen LogP) is 3.33. The molecule has 3 heteroatoms. The second kappa shape index (κ2) is 6.41. The molecule has 0 N–H and O–H groups in total. The summed E-state index contributed by atoms with van der Waals surface area (Å²) >= 11 is 2.01. The molecule has 94 valence electrons. The van der Waals surface area contributed by atoms with Crippen LogP contribution in [0.3, 0.4) is 0 Å². The molecule has 1 nitrogen and oxygen atoms in total. The Morgan fingerprint density at radius 1 is 1.29 bits per heavy atom. The summed E-state index contributed by atoms with van der Waals surface area (Å²) in [5.41, 5.74) is 1.96. The van der Waals surface area contributed by atoms with Crippen LogP contribution in [0.25, 0.3) is 0 Å². The maximum atomic E-state index is 13.8. The zero-order valence-corrected chi connectivity index (χ0v) is 11.2. The van der Waals surface area contributed by atoms with Crippen molar-refractivity contribution in [3.05, 3.63) is 35.1 Å². The van der Waals surface area contributed by atoms with Gasteiger partial charge in [-0.05, 0) is 23.6 Å². The summed E-state index contributed by atoms with van der Waals surface area (Å²) in [5.74, 6) is 2.38. The molecule has 0 aromatic heterocycles. The van der Waals surface area contributed by atoms with Gasteiger partial charge in [-0.1, -0.05) is 25.5 Å². The lowest BCUT2D eigenvalue weighted by Crippen LogP contribution is -2.31. The molecule has 1 aliphatic heterocycles. The molecule has 1 heterocycles. The third-order valence-corrected chi connectivity index (χ3v) is 4.09. The van der Waals surface area contributed by atoms with Crippen LogP contribution in [0, 0.1) is 5.82 Å². The molecule has 0 unspecified atom stereocenters. The van der Waals surface area contributed by atoms with E-state index in [9.17, 15) is 4.39 Å². The van der Waals surface area contributed by atoms with Crippen LogP contribution in [-0.2, 0) is 13.0 Å². The molecule has 0 spiro atoms. The average molecular weight is 253 g/mol. The highest BCUT2D eigenvalue weighted by atomic mass is 32.2. The highest BCUT2D eigenvalue weighted by molar-refractivity contribution is 7.99. The van der Waals surface area contributed by atoms with Gasteiger partial charge >= 0.3 is 0 Å². The number of hydrogen-bond donors (Lipinski definition) is 0. The lowest BCUT2D eigenvalue weighted by Gasteiger charge is -2.26. The molecule has 0 amide bonds. The van der Waals surface area contributed by atoms with Gasteiger partial charge < -0.3 is 0 Å². The lowest BCUT2D eigenvalue weighted by atomic mass is 10.1. The van der Waals surface area contributed by atoms with E-state index in [2.05, 4.69) is 17.9 Å². The monoisotopic (exact) mass is 253 g/mol. The second-order valence-corrected chi connectivity index (χ2v) is 5.79. The van der Waals surface area contributed by atoms with Gasteiger partial charge in [0.1, 0.15) is 5.82 Å². The van der Waals surface area contributed by atoms with Gasteiger partial charge in [0, 0.05) is 31.1 Å². The fourth-order valence-corrected chi connectivity index (χ4v) is 3.16. The summed E-state index contributed by atoms with van der Waals surface area (Å²) < 4.78 is 13.8. The van der Waals surface area contributed by atoms with Gasteiger partial charge in [0.25, 0.3) is 0 Å². The Kier molecular flexibility index (Phi) is 4.86. The van der Waals surface area contributed by atoms with Crippen molar-refractivity contribution in [3.8, 4) is 0 Å². The van der Waals surface area contributed by atoms with Crippen molar-refractivity contribution in [1.29, 1.82) is 0 Å². The van der Waals surface area contributed by atoms with Crippen LogP contribution < -0.4 is 0 Å². The molecule has 1 fully saturated rings. The van der Waals surface area contributed by atoms with Crippen molar-refractivity contribution >= 4 is 11.8 Å². The van der Waals surface area contributed by atoms with E-state index in [4.69, 9.17) is 0 Å². The van der Waals surface area contributed by atoms with Crippen molar-refractivity contribution in [3.63, 3.8) is 0 Å². The number of rotatable bonds is 4. The quantitative estimate of drug-likeness (QED) is 0.810. The van der Waals surface area contributed by atoms with Gasteiger partial charge in [-0.2, -0.15) is 11.8 Å². The molecular formula is C14H20FNS. The van der Waals surface area contributed by atoms with Crippen molar-refractivity contribution < 1.29 is 4.39 Å².